The maximum absolute atomic E-state index is 3.59. The molecule has 0 aliphatic carbocycles. The first kappa shape index (κ1) is 20.0. The smallest absolute Gasteiger partial charge is 0.0468 e. The highest BCUT2D eigenvalue weighted by molar-refractivity contribution is 9.10. The van der Waals surface area contributed by atoms with E-state index in [9.17, 15) is 0 Å². The molecular formula is C28H22BrNS. The second-order valence-electron chi connectivity index (χ2n) is 7.85. The van der Waals surface area contributed by atoms with E-state index in [0.717, 1.165) is 21.5 Å². The quantitative estimate of drug-likeness (QED) is 0.246. The Morgan fingerprint density at radius 3 is 1.94 bits per heavy atom. The third-order valence-electron chi connectivity index (χ3n) is 5.46. The molecule has 0 saturated heterocycles. The average Bonchev–Trinajstić information content (AvgIpc) is 3.20. The molecule has 0 aliphatic rings. The third kappa shape index (κ3) is 4.16. The van der Waals surface area contributed by atoms with E-state index in [4.69, 9.17) is 0 Å². The lowest BCUT2D eigenvalue weighted by molar-refractivity contribution is 1.27. The molecule has 31 heavy (non-hydrogen) atoms. The van der Waals surface area contributed by atoms with Gasteiger partial charge in [0, 0.05) is 31.1 Å². The highest BCUT2D eigenvalue weighted by Gasteiger charge is 2.14. The molecule has 0 radical (unpaired) electrons. The topological polar surface area (TPSA) is 3.24 Å². The maximum Gasteiger partial charge on any atom is 0.0468 e. The van der Waals surface area contributed by atoms with E-state index >= 15 is 0 Å². The van der Waals surface area contributed by atoms with Crippen LogP contribution in [0, 0.1) is 13.8 Å². The van der Waals surface area contributed by atoms with Crippen LogP contribution in [0.25, 0.3) is 20.5 Å². The van der Waals surface area contributed by atoms with Gasteiger partial charge >= 0.3 is 0 Å². The van der Waals surface area contributed by atoms with E-state index in [2.05, 4.69) is 132 Å². The summed E-state index contributed by atoms with van der Waals surface area (Å²) in [4.78, 5) is 3.61. The molecule has 1 heterocycles. The molecule has 5 aromatic rings. The molecule has 152 valence electrons. The van der Waals surface area contributed by atoms with Gasteiger partial charge < -0.3 is 4.90 Å². The second kappa shape index (κ2) is 8.33. The first-order chi connectivity index (χ1) is 15.1. The Kier molecular flexibility index (Phi) is 5.39. The first-order valence-corrected chi connectivity index (χ1v) is 11.9. The van der Waals surface area contributed by atoms with Gasteiger partial charge in [0.05, 0.1) is 0 Å². The van der Waals surface area contributed by atoms with Crippen LogP contribution in [0.2, 0.25) is 0 Å². The van der Waals surface area contributed by atoms with Crippen molar-refractivity contribution in [2.24, 2.45) is 0 Å². The van der Waals surface area contributed by atoms with Crippen molar-refractivity contribution in [1.29, 1.82) is 0 Å². The molecule has 0 amide bonds. The van der Waals surface area contributed by atoms with Crippen LogP contribution in [0.15, 0.2) is 102 Å². The van der Waals surface area contributed by atoms with Crippen molar-refractivity contribution in [3.8, 4) is 10.4 Å². The highest BCUT2D eigenvalue weighted by atomic mass is 79.9. The fraction of sp³-hybridized carbons (Fsp3) is 0.0714. The fourth-order valence-corrected chi connectivity index (χ4v) is 5.39. The zero-order valence-electron chi connectivity index (χ0n) is 17.5. The number of anilines is 3. The van der Waals surface area contributed by atoms with E-state index in [1.54, 1.807) is 0 Å². The average molecular weight is 484 g/mol. The number of nitrogens with zero attached hydrogens (tertiary/aromatic N) is 1. The Balaban J connectivity index is 1.62. The molecule has 0 aliphatic heterocycles. The minimum Gasteiger partial charge on any atom is -0.310 e. The fourth-order valence-electron chi connectivity index (χ4n) is 3.78. The Morgan fingerprint density at radius 2 is 1.29 bits per heavy atom. The predicted octanol–water partition coefficient (Wildman–Crippen LogP) is 9.42. The summed E-state index contributed by atoms with van der Waals surface area (Å²) in [6.45, 7) is 4.25. The molecule has 3 heteroatoms. The monoisotopic (exact) mass is 483 g/mol. The highest BCUT2D eigenvalue weighted by Crippen LogP contribution is 2.39. The maximum atomic E-state index is 3.59. The van der Waals surface area contributed by atoms with E-state index in [1.165, 1.54) is 31.7 Å². The van der Waals surface area contributed by atoms with Gasteiger partial charge in [-0.1, -0.05) is 69.5 Å². The van der Waals surface area contributed by atoms with Gasteiger partial charge in [-0.3, -0.25) is 0 Å². The van der Waals surface area contributed by atoms with Gasteiger partial charge in [-0.25, -0.2) is 0 Å². The normalized spacial score (nSPS) is 11.1. The van der Waals surface area contributed by atoms with Crippen molar-refractivity contribution < 1.29 is 0 Å². The Labute approximate surface area is 195 Å². The lowest BCUT2D eigenvalue weighted by Crippen LogP contribution is -2.09. The number of benzene rings is 4. The van der Waals surface area contributed by atoms with Crippen molar-refractivity contribution >= 4 is 54.4 Å². The lowest BCUT2D eigenvalue weighted by atomic mass is 10.1. The molecule has 0 atom stereocenters. The van der Waals surface area contributed by atoms with Crippen LogP contribution < -0.4 is 4.90 Å². The Bertz CT molecular complexity index is 1300. The number of aryl methyl sites for hydroxylation is 2. The molecule has 1 aromatic heterocycles. The van der Waals surface area contributed by atoms with Crippen molar-refractivity contribution in [2.75, 3.05) is 4.90 Å². The summed E-state index contributed by atoms with van der Waals surface area (Å²) in [7, 11) is 0. The van der Waals surface area contributed by atoms with Crippen LogP contribution in [0.4, 0.5) is 17.1 Å². The number of rotatable bonds is 4. The van der Waals surface area contributed by atoms with E-state index in [1.807, 2.05) is 11.3 Å². The zero-order chi connectivity index (χ0) is 21.4. The molecule has 0 unspecified atom stereocenters. The van der Waals surface area contributed by atoms with Gasteiger partial charge in [-0.05, 0) is 79.4 Å². The molecule has 0 fully saturated rings. The van der Waals surface area contributed by atoms with Gasteiger partial charge in [0.2, 0.25) is 0 Å². The summed E-state index contributed by atoms with van der Waals surface area (Å²) < 4.78 is 2.41. The largest absolute Gasteiger partial charge is 0.310 e. The Morgan fingerprint density at radius 1 is 0.645 bits per heavy atom. The van der Waals surface area contributed by atoms with Gasteiger partial charge in [0.15, 0.2) is 0 Å². The summed E-state index contributed by atoms with van der Waals surface area (Å²) in [6.07, 6.45) is 0. The summed E-state index contributed by atoms with van der Waals surface area (Å²) in [5.74, 6) is 0. The minimum absolute atomic E-state index is 1.12. The number of hydrogen-bond acceptors (Lipinski definition) is 2. The zero-order valence-corrected chi connectivity index (χ0v) is 19.9. The van der Waals surface area contributed by atoms with Crippen molar-refractivity contribution in [2.45, 2.75) is 13.8 Å². The van der Waals surface area contributed by atoms with Crippen LogP contribution in [0.1, 0.15) is 11.1 Å². The lowest BCUT2D eigenvalue weighted by Gasteiger charge is -2.26. The number of halogens is 1. The number of thiophene rings is 1. The Hall–Kier alpha value is -2.88. The summed E-state index contributed by atoms with van der Waals surface area (Å²) >= 11 is 5.42. The first-order valence-electron chi connectivity index (χ1n) is 10.3. The molecule has 0 bridgehead atoms. The van der Waals surface area contributed by atoms with Crippen LogP contribution in [0.3, 0.4) is 0 Å². The standard InChI is InChI=1S/C28H22BrNS/c1-19-6-12-24(13-7-19)30(25-14-8-20(2)9-15-25)26-5-3-4-21(16-26)27-17-22-10-11-23(29)18-28(22)31-27/h3-18H,1-2H3. The van der Waals surface area contributed by atoms with Gasteiger partial charge in [-0.2, -0.15) is 0 Å². The van der Waals surface area contributed by atoms with Gasteiger partial charge in [0.1, 0.15) is 0 Å². The van der Waals surface area contributed by atoms with Gasteiger partial charge in [-0.15, -0.1) is 11.3 Å². The number of fused-ring (bicyclic) bond motifs is 1. The number of hydrogen-bond donors (Lipinski definition) is 0. The van der Waals surface area contributed by atoms with Crippen LogP contribution in [-0.2, 0) is 0 Å². The van der Waals surface area contributed by atoms with E-state index in [0.29, 0.717) is 0 Å². The van der Waals surface area contributed by atoms with Crippen molar-refractivity contribution in [3.05, 3.63) is 113 Å². The SMILES string of the molecule is Cc1ccc(N(c2ccc(C)cc2)c2cccc(-c3cc4ccc(Br)cc4s3)c2)cc1. The molecule has 0 spiro atoms. The van der Waals surface area contributed by atoms with Crippen LogP contribution in [0.5, 0.6) is 0 Å². The molecule has 0 saturated carbocycles. The molecule has 5 rings (SSSR count). The van der Waals surface area contributed by atoms with Crippen molar-refractivity contribution in [1.82, 2.24) is 0 Å². The molecule has 0 N–H and O–H groups in total. The second-order valence-corrected chi connectivity index (χ2v) is 9.85. The summed E-state index contributed by atoms with van der Waals surface area (Å²) in [5.41, 5.74) is 7.23. The van der Waals surface area contributed by atoms with Crippen LogP contribution >= 0.6 is 27.3 Å². The van der Waals surface area contributed by atoms with E-state index < -0.39 is 0 Å². The van der Waals surface area contributed by atoms with Crippen molar-refractivity contribution in [3.63, 3.8) is 0 Å². The predicted molar refractivity (Wildman–Crippen MR) is 139 cm³/mol. The summed E-state index contributed by atoms with van der Waals surface area (Å²) in [6, 6.07) is 35.0. The molecule has 4 aromatic carbocycles. The molecule has 1 nitrogen and oxygen atoms in total. The third-order valence-corrected chi connectivity index (χ3v) is 7.10. The molecular weight excluding hydrogens is 462 g/mol. The summed E-state index contributed by atoms with van der Waals surface area (Å²) in [5, 5.41) is 1.28. The van der Waals surface area contributed by atoms with Gasteiger partial charge in [0.25, 0.3) is 0 Å². The van der Waals surface area contributed by atoms with Crippen LogP contribution in [-0.4, -0.2) is 0 Å². The minimum atomic E-state index is 1.12. The van der Waals surface area contributed by atoms with E-state index in [-0.39, 0.29) is 0 Å².